The molecule has 2 aromatic rings. The fourth-order valence-electron chi connectivity index (χ4n) is 2.20. The van der Waals surface area contributed by atoms with Gasteiger partial charge in [0.05, 0.1) is 13.4 Å². The Labute approximate surface area is 119 Å². The van der Waals surface area contributed by atoms with Crippen LogP contribution in [0.1, 0.15) is 18.9 Å². The van der Waals surface area contributed by atoms with Crippen LogP contribution in [-0.4, -0.2) is 45.2 Å². The Balaban J connectivity index is 1.74. The van der Waals surface area contributed by atoms with Crippen LogP contribution in [0.4, 0.5) is 0 Å². The van der Waals surface area contributed by atoms with Gasteiger partial charge in [-0.3, -0.25) is 4.79 Å². The van der Waals surface area contributed by atoms with Crippen molar-refractivity contribution in [3.05, 3.63) is 18.4 Å². The minimum Gasteiger partial charge on any atom is -0.467 e. The lowest BCUT2D eigenvalue weighted by molar-refractivity contribution is -0.147. The van der Waals surface area contributed by atoms with Gasteiger partial charge in [0.2, 0.25) is 11.7 Å². The predicted molar refractivity (Wildman–Crippen MR) is 67.7 cm³/mol. The number of tetrazole rings is 1. The van der Waals surface area contributed by atoms with Crippen molar-refractivity contribution in [3.8, 4) is 11.6 Å². The van der Waals surface area contributed by atoms with Crippen LogP contribution in [0.25, 0.3) is 11.6 Å². The van der Waals surface area contributed by atoms with E-state index in [0.717, 1.165) is 0 Å². The molecule has 0 spiro atoms. The number of aromatic nitrogens is 4. The van der Waals surface area contributed by atoms with Gasteiger partial charge in [-0.05, 0) is 30.2 Å². The van der Waals surface area contributed by atoms with Gasteiger partial charge < -0.3 is 14.5 Å². The fourth-order valence-corrected chi connectivity index (χ4v) is 2.20. The van der Waals surface area contributed by atoms with Crippen molar-refractivity contribution in [2.24, 2.45) is 0 Å². The number of hydrogen-bond donors (Lipinski definition) is 1. The number of nitrogens with zero attached hydrogens (tertiary/aromatic N) is 4. The number of piperidine rings is 1. The first kappa shape index (κ1) is 13.3. The van der Waals surface area contributed by atoms with Crippen LogP contribution >= 0.6 is 0 Å². The van der Waals surface area contributed by atoms with Crippen LogP contribution in [-0.2, 0) is 14.3 Å². The molecular formula is C12H13N5O4. The standard InChI is InChI=1S/C12H13N5O4/c1-20-12(19)7-4-5-8(11(18)13-7)17-15-10(14-16-17)9-3-2-6-21-9/h2-3,6-8H,4-5H2,1H3,(H,13,18). The number of ether oxygens (including phenoxy) is 1. The molecule has 0 radical (unpaired) electrons. The summed E-state index contributed by atoms with van der Waals surface area (Å²) in [5.41, 5.74) is 0. The first-order valence-electron chi connectivity index (χ1n) is 6.40. The number of esters is 1. The quantitative estimate of drug-likeness (QED) is 0.787. The molecular weight excluding hydrogens is 278 g/mol. The molecule has 1 aliphatic heterocycles. The SMILES string of the molecule is COC(=O)C1CCC(n2nnc(-c3ccco3)n2)C(=O)N1. The second kappa shape index (κ2) is 5.35. The summed E-state index contributed by atoms with van der Waals surface area (Å²) >= 11 is 0. The van der Waals surface area contributed by atoms with Crippen LogP contribution in [0.5, 0.6) is 0 Å². The highest BCUT2D eigenvalue weighted by molar-refractivity contribution is 5.87. The van der Waals surface area contributed by atoms with E-state index in [-0.39, 0.29) is 5.91 Å². The van der Waals surface area contributed by atoms with E-state index in [1.165, 1.54) is 18.2 Å². The highest BCUT2D eigenvalue weighted by atomic mass is 16.5. The van der Waals surface area contributed by atoms with Gasteiger partial charge >= 0.3 is 5.97 Å². The largest absolute Gasteiger partial charge is 0.467 e. The normalized spacial score (nSPS) is 21.9. The van der Waals surface area contributed by atoms with Crippen molar-refractivity contribution < 1.29 is 18.7 Å². The van der Waals surface area contributed by atoms with E-state index >= 15 is 0 Å². The maximum Gasteiger partial charge on any atom is 0.328 e. The number of amides is 1. The number of methoxy groups -OCH3 is 1. The van der Waals surface area contributed by atoms with E-state index < -0.39 is 18.1 Å². The molecule has 1 aliphatic rings. The topological polar surface area (TPSA) is 112 Å². The van der Waals surface area contributed by atoms with Crippen molar-refractivity contribution in [2.45, 2.75) is 24.9 Å². The third-order valence-corrected chi connectivity index (χ3v) is 3.28. The average Bonchev–Trinajstić information content (AvgIpc) is 3.16. The summed E-state index contributed by atoms with van der Waals surface area (Å²) in [7, 11) is 1.29. The van der Waals surface area contributed by atoms with Crippen molar-refractivity contribution in [1.29, 1.82) is 0 Å². The zero-order valence-corrected chi connectivity index (χ0v) is 11.2. The molecule has 9 heteroatoms. The van der Waals surface area contributed by atoms with Crippen molar-refractivity contribution in [3.63, 3.8) is 0 Å². The number of hydrogen-bond acceptors (Lipinski definition) is 7. The zero-order chi connectivity index (χ0) is 14.8. The number of furan rings is 1. The van der Waals surface area contributed by atoms with E-state index in [0.29, 0.717) is 24.4 Å². The van der Waals surface area contributed by atoms with E-state index in [9.17, 15) is 9.59 Å². The highest BCUT2D eigenvalue weighted by Gasteiger charge is 2.34. The molecule has 1 N–H and O–H groups in total. The molecule has 3 rings (SSSR count). The Hall–Kier alpha value is -2.71. The Bertz CT molecular complexity index is 650. The molecule has 2 unspecified atom stereocenters. The average molecular weight is 291 g/mol. The third kappa shape index (κ3) is 2.49. The lowest BCUT2D eigenvalue weighted by Crippen LogP contribution is -2.49. The Morgan fingerprint density at radius 1 is 1.52 bits per heavy atom. The monoisotopic (exact) mass is 291 g/mol. The van der Waals surface area contributed by atoms with Gasteiger partial charge in [-0.2, -0.15) is 4.80 Å². The summed E-state index contributed by atoms with van der Waals surface area (Å²) in [6, 6.07) is 2.20. The Morgan fingerprint density at radius 3 is 3.05 bits per heavy atom. The van der Waals surface area contributed by atoms with E-state index in [2.05, 4.69) is 25.5 Å². The summed E-state index contributed by atoms with van der Waals surface area (Å²) in [5.74, 6) is -0.00235. The molecule has 0 bridgehead atoms. The maximum atomic E-state index is 12.1. The minimum absolute atomic E-state index is 0.308. The maximum absolute atomic E-state index is 12.1. The van der Waals surface area contributed by atoms with Gasteiger partial charge in [0.1, 0.15) is 6.04 Å². The molecule has 3 heterocycles. The van der Waals surface area contributed by atoms with Gasteiger partial charge in [0.25, 0.3) is 0 Å². The molecule has 21 heavy (non-hydrogen) atoms. The summed E-state index contributed by atoms with van der Waals surface area (Å²) in [5, 5.41) is 14.5. The molecule has 2 aromatic heterocycles. The fraction of sp³-hybridized carbons (Fsp3) is 0.417. The van der Waals surface area contributed by atoms with Gasteiger partial charge in [0, 0.05) is 0 Å². The van der Waals surface area contributed by atoms with Crippen molar-refractivity contribution in [2.75, 3.05) is 7.11 Å². The molecule has 9 nitrogen and oxygen atoms in total. The van der Waals surface area contributed by atoms with Gasteiger partial charge in [-0.15, -0.1) is 10.2 Å². The highest BCUT2D eigenvalue weighted by Crippen LogP contribution is 2.21. The van der Waals surface area contributed by atoms with Crippen LogP contribution in [0.3, 0.4) is 0 Å². The molecule has 0 aromatic carbocycles. The van der Waals surface area contributed by atoms with E-state index in [4.69, 9.17) is 4.42 Å². The zero-order valence-electron chi connectivity index (χ0n) is 11.2. The Morgan fingerprint density at radius 2 is 2.38 bits per heavy atom. The Kier molecular flexibility index (Phi) is 3.38. The molecule has 1 saturated heterocycles. The van der Waals surface area contributed by atoms with Crippen molar-refractivity contribution in [1.82, 2.24) is 25.5 Å². The van der Waals surface area contributed by atoms with Gasteiger partial charge in [-0.1, -0.05) is 0 Å². The molecule has 110 valence electrons. The lowest BCUT2D eigenvalue weighted by Gasteiger charge is -2.26. The van der Waals surface area contributed by atoms with Crippen molar-refractivity contribution >= 4 is 11.9 Å². The summed E-state index contributed by atoms with van der Waals surface area (Å²) < 4.78 is 9.79. The van der Waals surface area contributed by atoms with Gasteiger partial charge in [-0.25, -0.2) is 4.79 Å². The predicted octanol–water partition coefficient (Wildman–Crippen LogP) is -0.0742. The molecule has 1 amide bonds. The smallest absolute Gasteiger partial charge is 0.328 e. The third-order valence-electron chi connectivity index (χ3n) is 3.28. The molecule has 1 fully saturated rings. The molecule has 2 atom stereocenters. The second-order valence-corrected chi connectivity index (χ2v) is 4.59. The van der Waals surface area contributed by atoms with E-state index in [1.54, 1.807) is 12.1 Å². The van der Waals surface area contributed by atoms with Crippen LogP contribution in [0.15, 0.2) is 22.8 Å². The van der Waals surface area contributed by atoms with E-state index in [1.807, 2.05) is 0 Å². The number of carbonyl (C=O) groups is 2. The summed E-state index contributed by atoms with van der Waals surface area (Å²) in [6.07, 6.45) is 2.39. The lowest BCUT2D eigenvalue weighted by atomic mass is 10.0. The summed E-state index contributed by atoms with van der Waals surface area (Å²) in [4.78, 5) is 24.7. The molecule has 0 aliphatic carbocycles. The second-order valence-electron chi connectivity index (χ2n) is 4.59. The van der Waals surface area contributed by atoms with Crippen LogP contribution in [0.2, 0.25) is 0 Å². The number of rotatable bonds is 3. The first-order valence-corrected chi connectivity index (χ1v) is 6.40. The number of carbonyl (C=O) groups excluding carboxylic acids is 2. The van der Waals surface area contributed by atoms with Gasteiger partial charge in [0.15, 0.2) is 11.8 Å². The minimum atomic E-state index is -0.619. The summed E-state index contributed by atoms with van der Waals surface area (Å²) in [6.45, 7) is 0. The number of nitrogens with one attached hydrogen (secondary N) is 1. The molecule has 0 saturated carbocycles. The van der Waals surface area contributed by atoms with Crippen LogP contribution < -0.4 is 5.32 Å². The first-order chi connectivity index (χ1) is 10.2. The van der Waals surface area contributed by atoms with Crippen LogP contribution in [0, 0.1) is 0 Å².